The van der Waals surface area contributed by atoms with Crippen LogP contribution in [0.15, 0.2) is 52.1 Å². The van der Waals surface area contributed by atoms with Crippen LogP contribution in [0.4, 0.5) is 0 Å². The number of carbonyl (C=O) groups excluding carboxylic acids is 1. The van der Waals surface area contributed by atoms with E-state index in [1.165, 1.54) is 19.3 Å². The van der Waals surface area contributed by atoms with Crippen molar-refractivity contribution < 1.29 is 9.21 Å². The molecule has 1 aliphatic rings. The molecule has 1 aliphatic heterocycles. The highest BCUT2D eigenvalue weighted by atomic mass is 127. The Morgan fingerprint density at radius 2 is 1.94 bits per heavy atom. The van der Waals surface area contributed by atoms with E-state index in [-0.39, 0.29) is 35.9 Å². The highest BCUT2D eigenvalue weighted by molar-refractivity contribution is 14.0. The molecule has 2 N–H and O–H groups in total. The summed E-state index contributed by atoms with van der Waals surface area (Å²) in [6.45, 7) is 3.66. The van der Waals surface area contributed by atoms with Crippen LogP contribution >= 0.6 is 24.0 Å². The number of hydrogen-bond acceptors (Lipinski definition) is 4. The highest BCUT2D eigenvalue weighted by Gasteiger charge is 2.24. The molecule has 0 saturated carbocycles. The minimum absolute atomic E-state index is 0. The lowest BCUT2D eigenvalue weighted by atomic mass is 10.1. The van der Waals surface area contributed by atoms with Crippen LogP contribution in [0.2, 0.25) is 0 Å². The Balaban J connectivity index is 0.00000363. The molecule has 7 nitrogen and oxygen atoms in total. The van der Waals surface area contributed by atoms with Gasteiger partial charge in [0, 0.05) is 39.8 Å². The zero-order chi connectivity index (χ0) is 22.1. The minimum atomic E-state index is 0. The van der Waals surface area contributed by atoms with Crippen LogP contribution in [0, 0.1) is 0 Å². The molecular formula is C24H36IN5O2. The molecule has 1 unspecified atom stereocenters. The largest absolute Gasteiger partial charge is 0.468 e. The molecule has 2 aromatic rings. The molecule has 0 bridgehead atoms. The Morgan fingerprint density at radius 1 is 1.16 bits per heavy atom. The number of halogens is 1. The summed E-state index contributed by atoms with van der Waals surface area (Å²) in [5, 5.41) is 6.85. The van der Waals surface area contributed by atoms with Gasteiger partial charge in [-0.25, -0.2) is 0 Å². The first-order chi connectivity index (χ1) is 15.1. The first-order valence-electron chi connectivity index (χ1n) is 11.1. The number of amides is 1. The monoisotopic (exact) mass is 553 g/mol. The zero-order valence-corrected chi connectivity index (χ0v) is 21.7. The molecule has 1 fully saturated rings. The van der Waals surface area contributed by atoms with Gasteiger partial charge in [0.25, 0.3) is 5.91 Å². The standard InChI is InChI=1S/C24H35N5O2.HI/c1-25-24(26-13-12-19-9-7-10-20(17-19)23(30)28(2)3)27-18-21(22-11-8-16-31-22)29-14-5-4-6-15-29;/h7-11,16-17,21H,4-6,12-15,18H2,1-3H3,(H2,25,26,27);1H. The van der Waals surface area contributed by atoms with Gasteiger partial charge in [0.15, 0.2) is 5.96 Å². The number of piperidine rings is 1. The highest BCUT2D eigenvalue weighted by Crippen LogP contribution is 2.24. The van der Waals surface area contributed by atoms with Gasteiger partial charge < -0.3 is 20.0 Å². The first-order valence-corrected chi connectivity index (χ1v) is 11.1. The summed E-state index contributed by atoms with van der Waals surface area (Å²) < 4.78 is 5.73. The van der Waals surface area contributed by atoms with Crippen LogP contribution < -0.4 is 10.6 Å². The molecular weight excluding hydrogens is 517 g/mol. The number of rotatable bonds is 8. The van der Waals surface area contributed by atoms with E-state index in [0.717, 1.165) is 49.9 Å². The molecule has 1 amide bonds. The minimum Gasteiger partial charge on any atom is -0.468 e. The van der Waals surface area contributed by atoms with E-state index in [1.807, 2.05) is 30.3 Å². The van der Waals surface area contributed by atoms with Gasteiger partial charge in [0.1, 0.15) is 5.76 Å². The molecule has 1 aromatic carbocycles. The Hall–Kier alpha value is -2.07. The zero-order valence-electron chi connectivity index (χ0n) is 19.3. The lowest BCUT2D eigenvalue weighted by Gasteiger charge is -2.33. The second-order valence-corrected chi connectivity index (χ2v) is 8.16. The topological polar surface area (TPSA) is 73.1 Å². The Labute approximate surface area is 208 Å². The quantitative estimate of drug-likeness (QED) is 0.298. The lowest BCUT2D eigenvalue weighted by Crippen LogP contribution is -2.44. The molecule has 176 valence electrons. The number of furan rings is 1. The van der Waals surface area contributed by atoms with E-state index < -0.39 is 0 Å². The van der Waals surface area contributed by atoms with E-state index in [4.69, 9.17) is 4.42 Å². The number of nitrogens with zero attached hydrogens (tertiary/aromatic N) is 3. The van der Waals surface area contributed by atoms with Crippen LogP contribution in [0.25, 0.3) is 0 Å². The van der Waals surface area contributed by atoms with Crippen molar-refractivity contribution in [2.45, 2.75) is 31.7 Å². The average Bonchev–Trinajstić information content (AvgIpc) is 3.33. The van der Waals surface area contributed by atoms with Crippen molar-refractivity contribution in [3.63, 3.8) is 0 Å². The smallest absolute Gasteiger partial charge is 0.253 e. The Morgan fingerprint density at radius 3 is 2.59 bits per heavy atom. The fourth-order valence-electron chi connectivity index (χ4n) is 3.98. The maximum absolute atomic E-state index is 12.2. The van der Waals surface area contributed by atoms with E-state index >= 15 is 0 Å². The summed E-state index contributed by atoms with van der Waals surface area (Å²) in [5.74, 6) is 1.79. The van der Waals surface area contributed by atoms with Crippen LogP contribution in [-0.2, 0) is 6.42 Å². The Kier molecular flexibility index (Phi) is 11.0. The third-order valence-electron chi connectivity index (χ3n) is 5.68. The maximum atomic E-state index is 12.2. The third kappa shape index (κ3) is 7.51. The number of benzene rings is 1. The molecule has 0 spiro atoms. The molecule has 0 radical (unpaired) electrons. The summed E-state index contributed by atoms with van der Waals surface area (Å²) in [7, 11) is 5.33. The average molecular weight is 553 g/mol. The predicted octanol–water partition coefficient (Wildman–Crippen LogP) is 3.53. The van der Waals surface area contributed by atoms with Gasteiger partial charge in [-0.3, -0.25) is 14.7 Å². The van der Waals surface area contributed by atoms with E-state index in [9.17, 15) is 4.79 Å². The molecule has 1 atom stereocenters. The number of nitrogens with one attached hydrogen (secondary N) is 2. The number of hydrogen-bond donors (Lipinski definition) is 2. The van der Waals surface area contributed by atoms with Gasteiger partial charge >= 0.3 is 0 Å². The summed E-state index contributed by atoms with van der Waals surface area (Å²) in [5.41, 5.74) is 1.84. The number of carbonyl (C=O) groups is 1. The van der Waals surface area contributed by atoms with E-state index in [0.29, 0.717) is 5.56 Å². The molecule has 3 rings (SSSR count). The summed E-state index contributed by atoms with van der Waals surface area (Å²) in [4.78, 5) is 20.6. The van der Waals surface area contributed by atoms with Gasteiger partial charge in [-0.15, -0.1) is 24.0 Å². The SMILES string of the molecule is CN=C(NCCc1cccc(C(=O)N(C)C)c1)NCC(c1ccco1)N1CCCCC1.I. The fraction of sp³-hybridized carbons (Fsp3) is 0.500. The number of guanidine groups is 1. The van der Waals surface area contributed by atoms with Crippen LogP contribution in [-0.4, -0.2) is 69.0 Å². The number of likely N-dealkylation sites (tertiary alicyclic amines) is 1. The van der Waals surface area contributed by atoms with Crippen molar-refractivity contribution in [1.82, 2.24) is 20.4 Å². The second kappa shape index (κ2) is 13.5. The number of aliphatic imine (C=N–C) groups is 1. The molecule has 32 heavy (non-hydrogen) atoms. The maximum Gasteiger partial charge on any atom is 0.253 e. The summed E-state index contributed by atoms with van der Waals surface area (Å²) in [6, 6.07) is 12.0. The molecule has 1 aromatic heterocycles. The normalized spacial score (nSPS) is 15.5. The second-order valence-electron chi connectivity index (χ2n) is 8.16. The fourth-order valence-corrected chi connectivity index (χ4v) is 3.98. The van der Waals surface area contributed by atoms with Gasteiger partial charge in [-0.1, -0.05) is 18.6 Å². The molecule has 2 heterocycles. The molecule has 8 heteroatoms. The van der Waals surface area contributed by atoms with Crippen molar-refractivity contribution in [2.75, 3.05) is 47.3 Å². The van der Waals surface area contributed by atoms with E-state index in [1.54, 1.807) is 32.3 Å². The van der Waals surface area contributed by atoms with Crippen molar-refractivity contribution in [2.24, 2.45) is 4.99 Å². The van der Waals surface area contributed by atoms with Crippen LogP contribution in [0.1, 0.15) is 47.0 Å². The first kappa shape index (κ1) is 26.2. The van der Waals surface area contributed by atoms with Gasteiger partial charge in [0.2, 0.25) is 0 Å². The van der Waals surface area contributed by atoms with Crippen LogP contribution in [0.5, 0.6) is 0 Å². The van der Waals surface area contributed by atoms with E-state index in [2.05, 4.69) is 26.6 Å². The summed E-state index contributed by atoms with van der Waals surface area (Å²) >= 11 is 0. The van der Waals surface area contributed by atoms with Gasteiger partial charge in [-0.05, 0) is 62.2 Å². The van der Waals surface area contributed by atoms with Gasteiger partial charge in [-0.2, -0.15) is 0 Å². The lowest BCUT2D eigenvalue weighted by molar-refractivity contribution is 0.0827. The van der Waals surface area contributed by atoms with Crippen molar-refractivity contribution in [1.29, 1.82) is 0 Å². The predicted molar refractivity (Wildman–Crippen MR) is 140 cm³/mol. The van der Waals surface area contributed by atoms with Crippen LogP contribution in [0.3, 0.4) is 0 Å². The molecule has 1 saturated heterocycles. The van der Waals surface area contributed by atoms with Gasteiger partial charge in [0.05, 0.1) is 12.3 Å². The van der Waals surface area contributed by atoms with Crippen molar-refractivity contribution >= 4 is 35.8 Å². The molecule has 0 aliphatic carbocycles. The van der Waals surface area contributed by atoms with Crippen molar-refractivity contribution in [3.05, 3.63) is 59.5 Å². The summed E-state index contributed by atoms with van der Waals surface area (Å²) in [6.07, 6.45) is 6.33. The van der Waals surface area contributed by atoms with Crippen molar-refractivity contribution in [3.8, 4) is 0 Å². The Bertz CT molecular complexity index is 848. The third-order valence-corrected chi connectivity index (χ3v) is 5.68.